The van der Waals surface area contributed by atoms with Gasteiger partial charge in [-0.1, -0.05) is 61.0 Å². The zero-order valence-corrected chi connectivity index (χ0v) is 18.6. The molecule has 0 aliphatic carbocycles. The molecule has 0 saturated carbocycles. The second kappa shape index (κ2) is 9.73. The fraction of sp³-hybridized carbons (Fsp3) is 0.440. The van der Waals surface area contributed by atoms with Gasteiger partial charge in [-0.2, -0.15) is 0 Å². The Kier molecular flexibility index (Phi) is 7.60. The minimum atomic E-state index is -0.508. The van der Waals surface area contributed by atoms with Crippen molar-refractivity contribution in [3.63, 3.8) is 0 Å². The molecule has 2 rings (SSSR count). The quantitative estimate of drug-likeness (QED) is 0.748. The largest absolute Gasteiger partial charge is 0.350 e. The number of hydrogen-bond acceptors (Lipinski definition) is 2. The fourth-order valence-electron chi connectivity index (χ4n) is 3.33. The van der Waals surface area contributed by atoms with Crippen LogP contribution < -0.4 is 5.32 Å². The first kappa shape index (κ1) is 22.7. The van der Waals surface area contributed by atoms with E-state index in [9.17, 15) is 9.59 Å². The second-order valence-electron chi connectivity index (χ2n) is 8.77. The predicted octanol–water partition coefficient (Wildman–Crippen LogP) is 4.57. The summed E-state index contributed by atoms with van der Waals surface area (Å²) in [7, 11) is 0. The average molecular weight is 395 g/mol. The van der Waals surface area contributed by atoms with Gasteiger partial charge in [0.1, 0.15) is 6.04 Å². The number of benzene rings is 2. The van der Waals surface area contributed by atoms with Gasteiger partial charge < -0.3 is 10.2 Å². The van der Waals surface area contributed by atoms with Gasteiger partial charge in [0.15, 0.2) is 0 Å². The summed E-state index contributed by atoms with van der Waals surface area (Å²) in [6, 6.07) is 15.5. The van der Waals surface area contributed by atoms with Crippen LogP contribution in [0, 0.1) is 13.8 Å². The molecule has 0 aliphatic heterocycles. The average Bonchev–Trinajstić information content (AvgIpc) is 2.63. The molecule has 2 aromatic carbocycles. The maximum absolute atomic E-state index is 13.3. The highest BCUT2D eigenvalue weighted by atomic mass is 16.2. The molecule has 0 saturated heterocycles. The Morgan fingerprint density at radius 2 is 1.62 bits per heavy atom. The van der Waals surface area contributed by atoms with Crippen molar-refractivity contribution in [3.8, 4) is 0 Å². The smallest absolute Gasteiger partial charge is 0.243 e. The fourth-order valence-corrected chi connectivity index (χ4v) is 3.33. The highest BCUT2D eigenvalue weighted by Gasteiger charge is 2.30. The van der Waals surface area contributed by atoms with Crippen molar-refractivity contribution in [1.29, 1.82) is 0 Å². The first-order chi connectivity index (χ1) is 13.6. The Hall–Kier alpha value is -2.62. The number of aryl methyl sites for hydroxylation is 2. The Balaban J connectivity index is 2.32. The van der Waals surface area contributed by atoms with E-state index in [1.165, 1.54) is 0 Å². The SMILES string of the molecule is CC[C@H](C(=O)NC(C)(C)C)N(Cc1ccccc1C)C(=O)Cc1ccc(C)cc1. The lowest BCUT2D eigenvalue weighted by molar-refractivity contribution is -0.141. The Bertz CT molecular complexity index is 835. The highest BCUT2D eigenvalue weighted by molar-refractivity contribution is 5.88. The van der Waals surface area contributed by atoms with Gasteiger partial charge in [-0.15, -0.1) is 0 Å². The summed E-state index contributed by atoms with van der Waals surface area (Å²) in [5.41, 5.74) is 3.95. The third kappa shape index (κ3) is 6.74. The van der Waals surface area contributed by atoms with E-state index in [-0.39, 0.29) is 23.8 Å². The number of hydrogen-bond donors (Lipinski definition) is 1. The normalized spacial score (nSPS) is 12.3. The van der Waals surface area contributed by atoms with E-state index in [0.717, 1.165) is 22.3 Å². The molecule has 0 aromatic heterocycles. The zero-order valence-electron chi connectivity index (χ0n) is 18.6. The Morgan fingerprint density at radius 1 is 1.00 bits per heavy atom. The third-order valence-electron chi connectivity index (χ3n) is 4.96. The van der Waals surface area contributed by atoms with Gasteiger partial charge in [0, 0.05) is 12.1 Å². The lowest BCUT2D eigenvalue weighted by Gasteiger charge is -2.33. The van der Waals surface area contributed by atoms with Crippen LogP contribution in [0.25, 0.3) is 0 Å². The van der Waals surface area contributed by atoms with E-state index in [4.69, 9.17) is 0 Å². The summed E-state index contributed by atoms with van der Waals surface area (Å²) in [6.07, 6.45) is 0.846. The van der Waals surface area contributed by atoms with Crippen LogP contribution in [0.4, 0.5) is 0 Å². The first-order valence-corrected chi connectivity index (χ1v) is 10.3. The molecule has 0 aliphatic rings. The third-order valence-corrected chi connectivity index (χ3v) is 4.96. The molecule has 2 amide bonds. The topological polar surface area (TPSA) is 49.4 Å². The van der Waals surface area contributed by atoms with E-state index in [1.54, 1.807) is 4.90 Å². The minimum absolute atomic E-state index is 0.0342. The summed E-state index contributed by atoms with van der Waals surface area (Å²) in [6.45, 7) is 12.3. The molecule has 0 unspecified atom stereocenters. The molecule has 0 bridgehead atoms. The molecule has 4 heteroatoms. The van der Waals surface area contributed by atoms with Crippen molar-refractivity contribution >= 4 is 11.8 Å². The molecule has 0 spiro atoms. The lowest BCUT2D eigenvalue weighted by Crippen LogP contribution is -2.53. The summed E-state index contributed by atoms with van der Waals surface area (Å²) in [5.74, 6) is -0.140. The number of carbonyl (C=O) groups excluding carboxylic acids is 2. The summed E-state index contributed by atoms with van der Waals surface area (Å²) < 4.78 is 0. The standard InChI is InChI=1S/C25H34N2O2/c1-7-22(24(29)26-25(4,5)6)27(17-21-11-9-8-10-19(21)3)23(28)16-20-14-12-18(2)13-15-20/h8-15,22H,7,16-17H2,1-6H3,(H,26,29)/t22-/m1/s1. The number of carbonyl (C=O) groups is 2. The maximum atomic E-state index is 13.3. The van der Waals surface area contributed by atoms with Gasteiger partial charge in [0.05, 0.1) is 6.42 Å². The van der Waals surface area contributed by atoms with E-state index < -0.39 is 6.04 Å². The Morgan fingerprint density at radius 3 is 2.17 bits per heavy atom. The van der Waals surface area contributed by atoms with E-state index >= 15 is 0 Å². The summed E-state index contributed by atoms with van der Waals surface area (Å²) >= 11 is 0. The molecule has 0 radical (unpaired) electrons. The lowest BCUT2D eigenvalue weighted by atomic mass is 10.0. The van der Waals surface area contributed by atoms with Crippen LogP contribution in [0.2, 0.25) is 0 Å². The van der Waals surface area contributed by atoms with Crippen molar-refractivity contribution in [3.05, 3.63) is 70.8 Å². The van der Waals surface area contributed by atoms with Crippen molar-refractivity contribution < 1.29 is 9.59 Å². The van der Waals surface area contributed by atoms with Gasteiger partial charge in [-0.25, -0.2) is 0 Å². The van der Waals surface area contributed by atoms with Crippen molar-refractivity contribution in [1.82, 2.24) is 10.2 Å². The monoisotopic (exact) mass is 394 g/mol. The molecule has 0 fully saturated rings. The maximum Gasteiger partial charge on any atom is 0.243 e. The van der Waals surface area contributed by atoms with Crippen LogP contribution in [0.5, 0.6) is 0 Å². The van der Waals surface area contributed by atoms with Crippen LogP contribution in [-0.2, 0) is 22.6 Å². The van der Waals surface area contributed by atoms with Crippen molar-refractivity contribution in [2.45, 2.75) is 72.5 Å². The molecular weight excluding hydrogens is 360 g/mol. The first-order valence-electron chi connectivity index (χ1n) is 10.3. The molecule has 4 nitrogen and oxygen atoms in total. The summed E-state index contributed by atoms with van der Waals surface area (Å²) in [4.78, 5) is 28.1. The van der Waals surface area contributed by atoms with Gasteiger partial charge >= 0.3 is 0 Å². The van der Waals surface area contributed by atoms with Crippen LogP contribution >= 0.6 is 0 Å². The molecule has 0 heterocycles. The van der Waals surface area contributed by atoms with Gasteiger partial charge in [0.25, 0.3) is 0 Å². The van der Waals surface area contributed by atoms with Crippen molar-refractivity contribution in [2.24, 2.45) is 0 Å². The summed E-state index contributed by atoms with van der Waals surface area (Å²) in [5, 5.41) is 3.04. The molecule has 156 valence electrons. The van der Waals surface area contributed by atoms with Gasteiger partial charge in [-0.3, -0.25) is 9.59 Å². The van der Waals surface area contributed by atoms with Crippen molar-refractivity contribution in [2.75, 3.05) is 0 Å². The molecule has 29 heavy (non-hydrogen) atoms. The second-order valence-corrected chi connectivity index (χ2v) is 8.77. The number of nitrogens with zero attached hydrogens (tertiary/aromatic N) is 1. The van der Waals surface area contributed by atoms with Crippen LogP contribution in [0.3, 0.4) is 0 Å². The zero-order chi connectivity index (χ0) is 21.6. The van der Waals surface area contributed by atoms with E-state index in [1.807, 2.05) is 90.1 Å². The molecule has 2 aromatic rings. The van der Waals surface area contributed by atoms with E-state index in [0.29, 0.717) is 13.0 Å². The molecule has 1 N–H and O–H groups in total. The Labute approximate surface area is 175 Å². The number of rotatable bonds is 7. The minimum Gasteiger partial charge on any atom is -0.350 e. The van der Waals surface area contributed by atoms with E-state index in [2.05, 4.69) is 5.32 Å². The highest BCUT2D eigenvalue weighted by Crippen LogP contribution is 2.18. The number of nitrogens with one attached hydrogen (secondary N) is 1. The molecular formula is C25H34N2O2. The molecule has 1 atom stereocenters. The van der Waals surface area contributed by atoms with Crippen LogP contribution in [0.1, 0.15) is 56.4 Å². The number of amides is 2. The van der Waals surface area contributed by atoms with Crippen LogP contribution in [0.15, 0.2) is 48.5 Å². The predicted molar refractivity (Wildman–Crippen MR) is 119 cm³/mol. The van der Waals surface area contributed by atoms with Gasteiger partial charge in [0.2, 0.25) is 11.8 Å². The van der Waals surface area contributed by atoms with Gasteiger partial charge in [-0.05, 0) is 57.7 Å². The van der Waals surface area contributed by atoms with Crippen LogP contribution in [-0.4, -0.2) is 28.3 Å².